The van der Waals surface area contributed by atoms with Gasteiger partial charge in [0.15, 0.2) is 0 Å². The minimum absolute atomic E-state index is 0.0767. The molecule has 0 heterocycles. The first kappa shape index (κ1) is 17.2. The third-order valence-corrected chi connectivity index (χ3v) is 4.98. The number of nitrogens with two attached hydrogens (primary N) is 1. The number of carbonyl (C=O) groups excluding carboxylic acids is 1. The van der Waals surface area contributed by atoms with Gasteiger partial charge in [0.2, 0.25) is 10.0 Å². The average Bonchev–Trinajstić information content (AvgIpc) is 2.42. The molecule has 1 rings (SSSR count). The second-order valence-corrected chi connectivity index (χ2v) is 6.56. The quantitative estimate of drug-likeness (QED) is 0.490. The maximum absolute atomic E-state index is 12.7. The number of benzene rings is 1. The minimum atomic E-state index is -3.86. The van der Waals surface area contributed by atoms with Gasteiger partial charge in [-0.05, 0) is 32.0 Å². The summed E-state index contributed by atoms with van der Waals surface area (Å²) >= 11 is 0. The fourth-order valence-corrected chi connectivity index (χ4v) is 3.65. The van der Waals surface area contributed by atoms with Crippen LogP contribution in [0.3, 0.4) is 0 Å². The Kier molecular flexibility index (Phi) is 5.51. The van der Waals surface area contributed by atoms with Crippen molar-refractivity contribution in [3.8, 4) is 0 Å². The molecular weight excluding hydrogens is 292 g/mol. The number of nitrogen functional groups attached to an aromatic ring is 1. The third kappa shape index (κ3) is 3.62. The summed E-state index contributed by atoms with van der Waals surface area (Å²) in [5.41, 5.74) is 5.84. The van der Waals surface area contributed by atoms with E-state index in [0.717, 1.165) is 0 Å². The van der Waals surface area contributed by atoms with Gasteiger partial charge < -0.3 is 10.5 Å². The van der Waals surface area contributed by atoms with Crippen LogP contribution in [0, 0.1) is 0 Å². The molecule has 0 unspecified atom stereocenters. The van der Waals surface area contributed by atoms with Gasteiger partial charge in [-0.25, -0.2) is 13.2 Å². The molecule has 0 saturated heterocycles. The molecule has 0 saturated carbocycles. The lowest BCUT2D eigenvalue weighted by Gasteiger charge is -2.25. The number of sulfonamides is 1. The van der Waals surface area contributed by atoms with Crippen LogP contribution in [0.25, 0.3) is 0 Å². The van der Waals surface area contributed by atoms with E-state index in [0.29, 0.717) is 0 Å². The zero-order chi connectivity index (χ0) is 16.2. The summed E-state index contributed by atoms with van der Waals surface area (Å²) in [6.45, 7) is 7.20. The van der Waals surface area contributed by atoms with Gasteiger partial charge in [-0.1, -0.05) is 6.08 Å². The van der Waals surface area contributed by atoms with Gasteiger partial charge in [0.1, 0.15) is 0 Å². The first-order valence-electron chi connectivity index (χ1n) is 6.36. The van der Waals surface area contributed by atoms with E-state index in [9.17, 15) is 13.2 Å². The molecule has 0 aliphatic carbocycles. The number of methoxy groups -OCH3 is 1. The number of hydrogen-bond donors (Lipinski definition) is 1. The van der Waals surface area contributed by atoms with Gasteiger partial charge in [-0.3, -0.25) is 0 Å². The van der Waals surface area contributed by atoms with E-state index in [2.05, 4.69) is 11.3 Å². The van der Waals surface area contributed by atoms with Crippen LogP contribution in [0.4, 0.5) is 5.69 Å². The molecule has 116 valence electrons. The molecule has 0 spiro atoms. The highest BCUT2D eigenvalue weighted by Crippen LogP contribution is 2.24. The van der Waals surface area contributed by atoms with E-state index in [1.165, 1.54) is 35.7 Å². The van der Waals surface area contributed by atoms with Crippen molar-refractivity contribution < 1.29 is 17.9 Å². The van der Waals surface area contributed by atoms with Gasteiger partial charge in [-0.15, -0.1) is 6.58 Å². The highest BCUT2D eigenvalue weighted by molar-refractivity contribution is 7.89. The molecule has 1 aromatic rings. The monoisotopic (exact) mass is 312 g/mol. The van der Waals surface area contributed by atoms with E-state index in [-0.39, 0.29) is 28.7 Å². The predicted octanol–water partition coefficient (Wildman–Crippen LogP) is 1.64. The fourth-order valence-electron chi connectivity index (χ4n) is 1.88. The summed E-state index contributed by atoms with van der Waals surface area (Å²) in [5.74, 6) is -0.747. The lowest BCUT2D eigenvalue weighted by molar-refractivity contribution is 0.0596. The molecule has 0 aliphatic heterocycles. The largest absolute Gasteiger partial charge is 0.465 e. The normalized spacial score (nSPS) is 11.7. The molecule has 6 nitrogen and oxygen atoms in total. The number of hydrogen-bond acceptors (Lipinski definition) is 5. The summed E-state index contributed by atoms with van der Waals surface area (Å²) in [7, 11) is -2.67. The Hall–Kier alpha value is -1.86. The number of carbonyl (C=O) groups is 1. The van der Waals surface area contributed by atoms with Gasteiger partial charge >= 0.3 is 5.97 Å². The summed E-state index contributed by atoms with van der Waals surface area (Å²) in [4.78, 5) is 11.7. The van der Waals surface area contributed by atoms with Crippen LogP contribution >= 0.6 is 0 Å². The maximum atomic E-state index is 12.7. The molecule has 0 aliphatic rings. The van der Waals surface area contributed by atoms with E-state index in [1.807, 2.05) is 0 Å². The lowest BCUT2D eigenvalue weighted by atomic mass is 10.2. The van der Waals surface area contributed by atoms with Crippen molar-refractivity contribution in [2.75, 3.05) is 19.4 Å². The van der Waals surface area contributed by atoms with Crippen molar-refractivity contribution in [2.24, 2.45) is 0 Å². The zero-order valence-corrected chi connectivity index (χ0v) is 13.2. The SMILES string of the molecule is C=CCN(C(C)C)S(=O)(=O)c1ccc(N)cc1C(=O)OC. The topological polar surface area (TPSA) is 89.7 Å². The smallest absolute Gasteiger partial charge is 0.339 e. The van der Waals surface area contributed by atoms with E-state index in [1.54, 1.807) is 13.8 Å². The second kappa shape index (κ2) is 6.73. The van der Waals surface area contributed by atoms with Crippen molar-refractivity contribution in [2.45, 2.75) is 24.8 Å². The van der Waals surface area contributed by atoms with Crippen LogP contribution in [-0.2, 0) is 14.8 Å². The molecule has 0 amide bonds. The zero-order valence-electron chi connectivity index (χ0n) is 12.4. The van der Waals surface area contributed by atoms with E-state index >= 15 is 0 Å². The molecule has 0 aromatic heterocycles. The lowest BCUT2D eigenvalue weighted by Crippen LogP contribution is -2.37. The molecular formula is C14H20N2O4S. The Morgan fingerprint density at radius 3 is 2.57 bits per heavy atom. The molecule has 0 atom stereocenters. The summed E-state index contributed by atoms with van der Waals surface area (Å²) in [5, 5.41) is 0. The van der Waals surface area contributed by atoms with Crippen molar-refractivity contribution in [3.63, 3.8) is 0 Å². The number of esters is 1. The molecule has 21 heavy (non-hydrogen) atoms. The Balaban J connectivity index is 3.50. The number of rotatable bonds is 6. The molecule has 0 radical (unpaired) electrons. The van der Waals surface area contributed by atoms with Crippen molar-refractivity contribution in [1.82, 2.24) is 4.31 Å². The van der Waals surface area contributed by atoms with Gasteiger partial charge in [0.05, 0.1) is 17.6 Å². The van der Waals surface area contributed by atoms with Crippen LogP contribution in [0.1, 0.15) is 24.2 Å². The molecule has 1 aromatic carbocycles. The van der Waals surface area contributed by atoms with Gasteiger partial charge in [-0.2, -0.15) is 4.31 Å². The van der Waals surface area contributed by atoms with Crippen LogP contribution in [0.5, 0.6) is 0 Å². The Morgan fingerprint density at radius 2 is 2.10 bits per heavy atom. The summed E-state index contributed by atoms with van der Waals surface area (Å²) in [6.07, 6.45) is 1.49. The predicted molar refractivity (Wildman–Crippen MR) is 81.4 cm³/mol. The van der Waals surface area contributed by atoms with Crippen molar-refractivity contribution in [1.29, 1.82) is 0 Å². The standard InChI is InChI=1S/C14H20N2O4S/c1-5-8-16(10(2)3)21(18,19)13-7-6-11(15)9-12(13)14(17)20-4/h5-7,9-10H,1,8,15H2,2-4H3. The molecule has 0 fully saturated rings. The highest BCUT2D eigenvalue weighted by Gasteiger charge is 2.30. The third-order valence-electron chi connectivity index (χ3n) is 2.88. The van der Waals surface area contributed by atoms with Crippen LogP contribution < -0.4 is 5.73 Å². The highest BCUT2D eigenvalue weighted by atomic mass is 32.2. The second-order valence-electron chi connectivity index (χ2n) is 4.70. The Labute approximate surface area is 125 Å². The first-order chi connectivity index (χ1) is 9.75. The number of nitrogens with zero attached hydrogens (tertiary/aromatic N) is 1. The fraction of sp³-hybridized carbons (Fsp3) is 0.357. The van der Waals surface area contributed by atoms with Crippen LogP contribution in [-0.4, -0.2) is 38.4 Å². The number of anilines is 1. The molecule has 2 N–H and O–H groups in total. The summed E-state index contributed by atoms with van der Waals surface area (Å²) < 4.78 is 31.4. The van der Waals surface area contributed by atoms with Crippen molar-refractivity contribution in [3.05, 3.63) is 36.4 Å². The van der Waals surface area contributed by atoms with Crippen LogP contribution in [0.15, 0.2) is 35.7 Å². The maximum Gasteiger partial charge on any atom is 0.339 e. The van der Waals surface area contributed by atoms with Gasteiger partial charge in [0.25, 0.3) is 0 Å². The Morgan fingerprint density at radius 1 is 1.48 bits per heavy atom. The molecule has 0 bridgehead atoms. The van der Waals surface area contributed by atoms with E-state index < -0.39 is 16.0 Å². The average molecular weight is 312 g/mol. The van der Waals surface area contributed by atoms with Gasteiger partial charge in [0, 0.05) is 18.3 Å². The summed E-state index contributed by atoms with van der Waals surface area (Å²) in [6, 6.07) is 3.77. The van der Waals surface area contributed by atoms with Crippen molar-refractivity contribution >= 4 is 21.7 Å². The minimum Gasteiger partial charge on any atom is -0.465 e. The first-order valence-corrected chi connectivity index (χ1v) is 7.80. The molecule has 7 heteroatoms. The number of ether oxygens (including phenoxy) is 1. The Bertz CT molecular complexity index is 638. The van der Waals surface area contributed by atoms with Crippen LogP contribution in [0.2, 0.25) is 0 Å². The van der Waals surface area contributed by atoms with E-state index in [4.69, 9.17) is 5.73 Å².